The lowest BCUT2D eigenvalue weighted by atomic mass is 10.1. The number of carbonyl (C=O) groups excluding carboxylic acids is 1. The minimum atomic E-state index is -3.52. The zero-order valence-electron chi connectivity index (χ0n) is 16.7. The number of hydrogen-bond donors (Lipinski definition) is 1. The van der Waals surface area contributed by atoms with E-state index in [1.54, 1.807) is 16.4 Å². The highest BCUT2D eigenvalue weighted by Gasteiger charge is 2.39. The first-order chi connectivity index (χ1) is 13.5. The molecule has 0 bridgehead atoms. The van der Waals surface area contributed by atoms with E-state index in [-0.39, 0.29) is 16.7 Å². The molecule has 2 saturated heterocycles. The van der Waals surface area contributed by atoms with E-state index >= 15 is 0 Å². The first-order valence-corrected chi connectivity index (χ1v) is 12.1. The van der Waals surface area contributed by atoms with E-state index in [1.165, 1.54) is 6.42 Å². The van der Waals surface area contributed by atoms with E-state index in [0.29, 0.717) is 24.7 Å². The first kappa shape index (κ1) is 19.7. The summed E-state index contributed by atoms with van der Waals surface area (Å²) in [4.78, 5) is 15.2. The Bertz CT molecular complexity index is 827. The van der Waals surface area contributed by atoms with Crippen LogP contribution in [0.2, 0.25) is 0 Å². The molecule has 1 amide bonds. The molecular weight excluding hydrogens is 374 g/mol. The van der Waals surface area contributed by atoms with E-state index in [1.807, 2.05) is 6.07 Å². The van der Waals surface area contributed by atoms with Crippen LogP contribution in [0.15, 0.2) is 23.1 Å². The Morgan fingerprint density at radius 3 is 2.21 bits per heavy atom. The monoisotopic (exact) mass is 405 g/mol. The van der Waals surface area contributed by atoms with E-state index in [0.717, 1.165) is 57.3 Å². The van der Waals surface area contributed by atoms with Gasteiger partial charge in [0.15, 0.2) is 0 Å². The molecule has 2 aliphatic heterocycles. The minimum absolute atomic E-state index is 0.0123. The average molecular weight is 406 g/mol. The maximum absolute atomic E-state index is 13.1. The second-order valence-electron chi connectivity index (χ2n) is 8.50. The third kappa shape index (κ3) is 4.06. The predicted octanol–water partition coefficient (Wildman–Crippen LogP) is 3.45. The quantitative estimate of drug-likeness (QED) is 0.815. The molecule has 0 radical (unpaired) electrons. The van der Waals surface area contributed by atoms with Gasteiger partial charge >= 0.3 is 0 Å². The lowest BCUT2D eigenvalue weighted by Gasteiger charge is -2.31. The number of rotatable bonds is 5. The zero-order chi connectivity index (χ0) is 19.7. The van der Waals surface area contributed by atoms with Gasteiger partial charge in [-0.15, -0.1) is 0 Å². The van der Waals surface area contributed by atoms with Crippen molar-refractivity contribution >= 4 is 27.3 Å². The van der Waals surface area contributed by atoms with Crippen LogP contribution in [0, 0.1) is 11.8 Å². The van der Waals surface area contributed by atoms with Gasteiger partial charge in [-0.3, -0.25) is 4.79 Å². The standard InChI is InChI=1S/C21H31N3O3S/c1-16-14-18(16)21(25)22-19-15-17(28(26,27)24-12-6-3-7-13-24)8-9-20(19)23-10-4-2-5-11-23/h8-9,15-16,18H,2-7,10-14H2,1H3,(H,22,25). The molecule has 154 valence electrons. The molecule has 2 heterocycles. The molecular formula is C21H31N3O3S. The second-order valence-corrected chi connectivity index (χ2v) is 10.4. The Hall–Kier alpha value is -1.60. The van der Waals surface area contributed by atoms with Crippen LogP contribution in [-0.2, 0) is 14.8 Å². The molecule has 1 aromatic carbocycles. The SMILES string of the molecule is CC1CC1C(=O)Nc1cc(S(=O)(=O)N2CCCCC2)ccc1N1CCCCC1. The lowest BCUT2D eigenvalue weighted by molar-refractivity contribution is -0.117. The van der Waals surface area contributed by atoms with E-state index in [2.05, 4.69) is 17.1 Å². The van der Waals surface area contributed by atoms with E-state index in [9.17, 15) is 13.2 Å². The summed E-state index contributed by atoms with van der Waals surface area (Å²) in [6.07, 6.45) is 7.29. The highest BCUT2D eigenvalue weighted by molar-refractivity contribution is 7.89. The average Bonchev–Trinajstić information content (AvgIpc) is 3.46. The van der Waals surface area contributed by atoms with Crippen molar-refractivity contribution in [2.24, 2.45) is 11.8 Å². The number of hydrogen-bond acceptors (Lipinski definition) is 4. The van der Waals surface area contributed by atoms with Gasteiger partial charge in [0.05, 0.1) is 16.3 Å². The highest BCUT2D eigenvalue weighted by Crippen LogP contribution is 2.40. The predicted molar refractivity (Wildman–Crippen MR) is 111 cm³/mol. The third-order valence-electron chi connectivity index (χ3n) is 6.32. The second kappa shape index (κ2) is 8.03. The molecule has 1 saturated carbocycles. The van der Waals surface area contributed by atoms with Crippen molar-refractivity contribution in [2.45, 2.75) is 56.8 Å². The van der Waals surface area contributed by atoms with Gasteiger partial charge in [-0.2, -0.15) is 4.31 Å². The minimum Gasteiger partial charge on any atom is -0.370 e. The van der Waals surface area contributed by atoms with Crippen molar-refractivity contribution in [1.82, 2.24) is 4.31 Å². The number of nitrogens with zero attached hydrogens (tertiary/aromatic N) is 2. The first-order valence-electron chi connectivity index (χ1n) is 10.7. The molecule has 7 heteroatoms. The largest absolute Gasteiger partial charge is 0.370 e. The summed E-state index contributed by atoms with van der Waals surface area (Å²) >= 11 is 0. The topological polar surface area (TPSA) is 69.7 Å². The van der Waals surface area contributed by atoms with Gasteiger partial charge in [0.2, 0.25) is 15.9 Å². The summed E-state index contributed by atoms with van der Waals surface area (Å²) in [7, 11) is -3.52. The van der Waals surface area contributed by atoms with Crippen LogP contribution in [0.3, 0.4) is 0 Å². The number of sulfonamides is 1. The molecule has 1 N–H and O–H groups in total. The highest BCUT2D eigenvalue weighted by atomic mass is 32.2. The van der Waals surface area contributed by atoms with Gasteiger partial charge in [0.25, 0.3) is 0 Å². The smallest absolute Gasteiger partial charge is 0.243 e. The van der Waals surface area contributed by atoms with Gasteiger partial charge < -0.3 is 10.2 Å². The van der Waals surface area contributed by atoms with Gasteiger partial charge in [0.1, 0.15) is 0 Å². The van der Waals surface area contributed by atoms with Gasteiger partial charge in [0, 0.05) is 32.1 Å². The molecule has 3 aliphatic rings. The fraction of sp³-hybridized carbons (Fsp3) is 0.667. The molecule has 6 nitrogen and oxygen atoms in total. The Morgan fingerprint density at radius 1 is 1.00 bits per heavy atom. The normalized spacial score (nSPS) is 26.1. The number of benzene rings is 1. The molecule has 0 spiro atoms. The number of piperidine rings is 2. The summed E-state index contributed by atoms with van der Waals surface area (Å²) < 4.78 is 27.8. The van der Waals surface area contributed by atoms with Crippen LogP contribution in [0.5, 0.6) is 0 Å². The van der Waals surface area contributed by atoms with Crippen LogP contribution in [0.4, 0.5) is 11.4 Å². The molecule has 1 aromatic rings. The Balaban J connectivity index is 1.64. The van der Waals surface area contributed by atoms with Gasteiger partial charge in [-0.05, 0) is 62.6 Å². The van der Waals surface area contributed by atoms with Crippen LogP contribution in [-0.4, -0.2) is 44.8 Å². The molecule has 1 aliphatic carbocycles. The summed E-state index contributed by atoms with van der Waals surface area (Å²) in [6, 6.07) is 5.27. The fourth-order valence-corrected chi connectivity index (χ4v) is 5.90. The molecule has 3 fully saturated rings. The molecule has 28 heavy (non-hydrogen) atoms. The van der Waals surface area contributed by atoms with Crippen LogP contribution >= 0.6 is 0 Å². The number of anilines is 2. The number of carbonyl (C=O) groups is 1. The van der Waals surface area contributed by atoms with Crippen molar-refractivity contribution in [3.8, 4) is 0 Å². The Kier molecular flexibility index (Phi) is 5.65. The Labute approximate surface area is 168 Å². The molecule has 2 atom stereocenters. The summed E-state index contributed by atoms with van der Waals surface area (Å²) in [5, 5.41) is 3.05. The summed E-state index contributed by atoms with van der Waals surface area (Å²) in [5.41, 5.74) is 1.59. The van der Waals surface area contributed by atoms with Crippen LogP contribution < -0.4 is 10.2 Å². The van der Waals surface area contributed by atoms with Gasteiger partial charge in [-0.25, -0.2) is 8.42 Å². The van der Waals surface area contributed by atoms with Crippen molar-refractivity contribution in [2.75, 3.05) is 36.4 Å². The molecule has 4 rings (SSSR count). The lowest BCUT2D eigenvalue weighted by Crippen LogP contribution is -2.36. The van der Waals surface area contributed by atoms with Crippen molar-refractivity contribution < 1.29 is 13.2 Å². The van der Waals surface area contributed by atoms with Crippen molar-refractivity contribution in [3.63, 3.8) is 0 Å². The van der Waals surface area contributed by atoms with Crippen molar-refractivity contribution in [1.29, 1.82) is 0 Å². The number of nitrogens with one attached hydrogen (secondary N) is 1. The number of amides is 1. The van der Waals surface area contributed by atoms with Crippen LogP contribution in [0.25, 0.3) is 0 Å². The summed E-state index contributed by atoms with van der Waals surface area (Å²) in [6.45, 7) is 5.13. The van der Waals surface area contributed by atoms with E-state index < -0.39 is 10.0 Å². The maximum Gasteiger partial charge on any atom is 0.243 e. The fourth-order valence-electron chi connectivity index (χ4n) is 4.35. The van der Waals surface area contributed by atoms with E-state index in [4.69, 9.17) is 0 Å². The van der Waals surface area contributed by atoms with Gasteiger partial charge in [-0.1, -0.05) is 13.3 Å². The maximum atomic E-state index is 13.1. The van der Waals surface area contributed by atoms with Crippen molar-refractivity contribution in [3.05, 3.63) is 18.2 Å². The molecule has 0 aromatic heterocycles. The summed E-state index contributed by atoms with van der Waals surface area (Å²) in [5.74, 6) is 0.480. The molecule has 2 unspecified atom stereocenters. The zero-order valence-corrected chi connectivity index (χ0v) is 17.5. The third-order valence-corrected chi connectivity index (χ3v) is 8.22. The van der Waals surface area contributed by atoms with Crippen LogP contribution in [0.1, 0.15) is 51.9 Å². The Morgan fingerprint density at radius 2 is 1.61 bits per heavy atom.